The molecule has 0 radical (unpaired) electrons. The highest BCUT2D eigenvalue weighted by atomic mass is 32.2. The normalized spacial score (nSPS) is 19.4. The summed E-state index contributed by atoms with van der Waals surface area (Å²) in [5.41, 5.74) is 1.91. The molecule has 2 aromatic carbocycles. The lowest BCUT2D eigenvalue weighted by Gasteiger charge is -2.37. The summed E-state index contributed by atoms with van der Waals surface area (Å²) in [4.78, 5) is 38.4. The standard InChI is InChI=1S/C25H29NO4S/c1-18(17-31-25(30)21-10-6-3-7-11-21)24(29)26(16-23(27)28)22-14-12-20(13-15-22)19-8-4-2-5-9-19/h2-11,18,20,22H,12-17H2,1H3,(H,27,28)/t18-,20-,22-/m1/s1. The molecular formula is C25H29NO4S. The minimum atomic E-state index is -1.00. The number of rotatable bonds is 8. The third kappa shape index (κ3) is 6.44. The third-order valence-electron chi connectivity index (χ3n) is 5.89. The Hall–Kier alpha value is -2.60. The molecule has 1 saturated carbocycles. The van der Waals surface area contributed by atoms with E-state index < -0.39 is 11.9 Å². The van der Waals surface area contributed by atoms with Crippen LogP contribution in [-0.4, -0.2) is 45.3 Å². The second kappa shape index (κ2) is 11.1. The van der Waals surface area contributed by atoms with Crippen molar-refractivity contribution in [2.45, 2.75) is 44.6 Å². The van der Waals surface area contributed by atoms with E-state index in [-0.39, 0.29) is 23.6 Å². The van der Waals surface area contributed by atoms with Gasteiger partial charge in [0.2, 0.25) is 11.0 Å². The van der Waals surface area contributed by atoms with Crippen molar-refractivity contribution in [3.05, 3.63) is 71.8 Å². The van der Waals surface area contributed by atoms with Crippen LogP contribution in [0, 0.1) is 5.92 Å². The maximum Gasteiger partial charge on any atom is 0.323 e. The lowest BCUT2D eigenvalue weighted by atomic mass is 9.81. The van der Waals surface area contributed by atoms with Gasteiger partial charge in [0.15, 0.2) is 0 Å². The lowest BCUT2D eigenvalue weighted by Crippen LogP contribution is -2.47. The smallest absolute Gasteiger partial charge is 0.323 e. The SMILES string of the molecule is C[C@H](CSC(=O)c1ccccc1)C(=O)N(CC(=O)O)[C@H]1CC[C@H](c2ccccc2)CC1. The molecule has 3 rings (SSSR count). The van der Waals surface area contributed by atoms with Gasteiger partial charge in [0, 0.05) is 23.3 Å². The molecule has 0 spiro atoms. The molecule has 1 amide bonds. The second-order valence-corrected chi connectivity index (χ2v) is 9.13. The van der Waals surface area contributed by atoms with Crippen molar-refractivity contribution in [2.24, 2.45) is 5.92 Å². The Morgan fingerprint density at radius 2 is 1.55 bits per heavy atom. The van der Waals surface area contributed by atoms with Crippen LogP contribution in [0.15, 0.2) is 60.7 Å². The van der Waals surface area contributed by atoms with Crippen molar-refractivity contribution in [1.82, 2.24) is 4.90 Å². The molecule has 0 aliphatic heterocycles. The average Bonchev–Trinajstić information content (AvgIpc) is 2.81. The monoisotopic (exact) mass is 439 g/mol. The van der Waals surface area contributed by atoms with Crippen LogP contribution >= 0.6 is 11.8 Å². The first-order valence-corrected chi connectivity index (χ1v) is 11.7. The van der Waals surface area contributed by atoms with Crippen molar-refractivity contribution >= 4 is 28.8 Å². The zero-order chi connectivity index (χ0) is 22.2. The highest BCUT2D eigenvalue weighted by Crippen LogP contribution is 2.35. The first-order chi connectivity index (χ1) is 15.0. The van der Waals surface area contributed by atoms with Crippen molar-refractivity contribution in [3.63, 3.8) is 0 Å². The number of carboxylic acids is 1. The predicted octanol–water partition coefficient (Wildman–Crippen LogP) is 4.84. The number of aliphatic carboxylic acids is 1. The fraction of sp³-hybridized carbons (Fsp3) is 0.400. The van der Waals surface area contributed by atoms with E-state index >= 15 is 0 Å². The van der Waals surface area contributed by atoms with Gasteiger partial charge < -0.3 is 10.0 Å². The van der Waals surface area contributed by atoms with Gasteiger partial charge in [-0.15, -0.1) is 0 Å². The number of hydrogen-bond acceptors (Lipinski definition) is 4. The van der Waals surface area contributed by atoms with Gasteiger partial charge in [0.05, 0.1) is 0 Å². The van der Waals surface area contributed by atoms with Crippen LogP contribution < -0.4 is 0 Å². The zero-order valence-electron chi connectivity index (χ0n) is 17.8. The van der Waals surface area contributed by atoms with Gasteiger partial charge in [-0.05, 0) is 37.2 Å². The van der Waals surface area contributed by atoms with E-state index in [0.29, 0.717) is 17.2 Å². The average molecular weight is 440 g/mol. The molecule has 0 aromatic heterocycles. The summed E-state index contributed by atoms with van der Waals surface area (Å²) < 4.78 is 0. The van der Waals surface area contributed by atoms with E-state index in [1.165, 1.54) is 10.5 Å². The Morgan fingerprint density at radius 3 is 2.13 bits per heavy atom. The van der Waals surface area contributed by atoms with E-state index in [9.17, 15) is 19.5 Å². The number of thioether (sulfide) groups is 1. The van der Waals surface area contributed by atoms with Gasteiger partial charge in [0.1, 0.15) is 6.54 Å². The highest BCUT2D eigenvalue weighted by Gasteiger charge is 2.32. The van der Waals surface area contributed by atoms with Crippen LogP contribution in [0.1, 0.15) is 54.4 Å². The maximum atomic E-state index is 13.1. The van der Waals surface area contributed by atoms with E-state index in [0.717, 1.165) is 37.4 Å². The largest absolute Gasteiger partial charge is 0.480 e. The summed E-state index contributed by atoms with van der Waals surface area (Å²) in [6.07, 6.45) is 3.46. The fourth-order valence-corrected chi connectivity index (χ4v) is 5.04. The molecule has 1 fully saturated rings. The molecule has 1 atom stereocenters. The lowest BCUT2D eigenvalue weighted by molar-refractivity contribution is -0.148. The number of carbonyl (C=O) groups excluding carboxylic acids is 2. The topological polar surface area (TPSA) is 74.7 Å². The van der Waals surface area contributed by atoms with Gasteiger partial charge in [-0.25, -0.2) is 0 Å². The number of carbonyl (C=O) groups is 3. The zero-order valence-corrected chi connectivity index (χ0v) is 18.6. The number of carboxylic acid groups (broad SMARTS) is 1. The molecule has 5 nitrogen and oxygen atoms in total. The summed E-state index contributed by atoms with van der Waals surface area (Å²) in [5.74, 6) is -0.820. The van der Waals surface area contributed by atoms with Crippen molar-refractivity contribution < 1.29 is 19.5 Å². The fourth-order valence-electron chi connectivity index (χ4n) is 4.19. The number of benzene rings is 2. The third-order valence-corrected chi connectivity index (χ3v) is 7.06. The van der Waals surface area contributed by atoms with Gasteiger partial charge >= 0.3 is 5.97 Å². The van der Waals surface area contributed by atoms with E-state index in [1.54, 1.807) is 19.1 Å². The molecule has 1 N–H and O–H groups in total. The molecule has 1 aliphatic rings. The quantitative estimate of drug-likeness (QED) is 0.637. The Balaban J connectivity index is 1.58. The molecule has 0 saturated heterocycles. The molecule has 0 unspecified atom stereocenters. The Morgan fingerprint density at radius 1 is 0.968 bits per heavy atom. The predicted molar refractivity (Wildman–Crippen MR) is 123 cm³/mol. The highest BCUT2D eigenvalue weighted by molar-refractivity contribution is 8.14. The summed E-state index contributed by atoms with van der Waals surface area (Å²) in [6, 6.07) is 19.3. The molecular weight excluding hydrogens is 410 g/mol. The summed E-state index contributed by atoms with van der Waals surface area (Å²) in [7, 11) is 0. The molecule has 164 valence electrons. The number of hydrogen-bond donors (Lipinski definition) is 1. The van der Waals surface area contributed by atoms with Crippen LogP contribution in [0.3, 0.4) is 0 Å². The first kappa shape index (κ1) is 23.1. The van der Waals surface area contributed by atoms with Crippen molar-refractivity contribution in [2.75, 3.05) is 12.3 Å². The minimum Gasteiger partial charge on any atom is -0.480 e. The van der Waals surface area contributed by atoms with E-state index in [1.807, 2.05) is 36.4 Å². The van der Waals surface area contributed by atoms with Crippen LogP contribution in [0.2, 0.25) is 0 Å². The number of nitrogens with zero attached hydrogens (tertiary/aromatic N) is 1. The summed E-state index contributed by atoms with van der Waals surface area (Å²) in [5, 5.41) is 9.31. The van der Waals surface area contributed by atoms with Gasteiger partial charge in [-0.1, -0.05) is 79.3 Å². The number of amides is 1. The Kier molecular flexibility index (Phi) is 8.29. The minimum absolute atomic E-state index is 0.0687. The van der Waals surface area contributed by atoms with Crippen LogP contribution in [0.5, 0.6) is 0 Å². The summed E-state index contributed by atoms with van der Waals surface area (Å²) >= 11 is 1.11. The maximum absolute atomic E-state index is 13.1. The second-order valence-electron chi connectivity index (χ2n) is 8.14. The summed E-state index contributed by atoms with van der Waals surface area (Å²) in [6.45, 7) is 1.49. The van der Waals surface area contributed by atoms with Gasteiger partial charge in [-0.3, -0.25) is 14.4 Å². The Labute approximate surface area is 187 Å². The molecule has 6 heteroatoms. The van der Waals surface area contributed by atoms with E-state index in [4.69, 9.17) is 0 Å². The van der Waals surface area contributed by atoms with Gasteiger partial charge in [0.25, 0.3) is 0 Å². The molecule has 2 aromatic rings. The van der Waals surface area contributed by atoms with Gasteiger partial charge in [-0.2, -0.15) is 0 Å². The molecule has 0 heterocycles. The Bertz CT molecular complexity index is 879. The van der Waals surface area contributed by atoms with Crippen molar-refractivity contribution in [1.29, 1.82) is 0 Å². The molecule has 31 heavy (non-hydrogen) atoms. The molecule has 1 aliphatic carbocycles. The van der Waals surface area contributed by atoms with Crippen LogP contribution in [-0.2, 0) is 9.59 Å². The van der Waals surface area contributed by atoms with Crippen molar-refractivity contribution in [3.8, 4) is 0 Å². The first-order valence-electron chi connectivity index (χ1n) is 10.7. The molecule has 0 bridgehead atoms. The van der Waals surface area contributed by atoms with Crippen LogP contribution in [0.4, 0.5) is 0 Å². The van der Waals surface area contributed by atoms with Crippen LogP contribution in [0.25, 0.3) is 0 Å². The van der Waals surface area contributed by atoms with E-state index in [2.05, 4.69) is 12.1 Å².